The predicted octanol–water partition coefficient (Wildman–Crippen LogP) is 2.57. The zero-order valence-electron chi connectivity index (χ0n) is 16.7. The van der Waals surface area contributed by atoms with Crippen LogP contribution in [0.25, 0.3) is 22.4 Å². The number of benzene rings is 1. The average molecular weight is 409 g/mol. The van der Waals surface area contributed by atoms with Gasteiger partial charge in [-0.2, -0.15) is 4.98 Å². The number of para-hydroxylation sites is 1. The number of fused-ring (bicyclic) bond motifs is 1. The van der Waals surface area contributed by atoms with Gasteiger partial charge in [-0.15, -0.1) is 0 Å². The summed E-state index contributed by atoms with van der Waals surface area (Å²) in [5.41, 5.74) is 0.737. The van der Waals surface area contributed by atoms with Gasteiger partial charge in [-0.3, -0.25) is 4.79 Å². The van der Waals surface area contributed by atoms with Gasteiger partial charge in [-0.05, 0) is 30.7 Å². The molecule has 0 radical (unpaired) electrons. The van der Waals surface area contributed by atoms with E-state index in [-0.39, 0.29) is 11.1 Å². The number of aromatic nitrogens is 3. The Morgan fingerprint density at radius 3 is 2.73 bits per heavy atom. The van der Waals surface area contributed by atoms with E-state index in [1.807, 2.05) is 0 Å². The van der Waals surface area contributed by atoms with Gasteiger partial charge in [-0.25, -0.2) is 4.79 Å². The first kappa shape index (κ1) is 19.4. The topological polar surface area (TPSA) is 110 Å². The van der Waals surface area contributed by atoms with Gasteiger partial charge in [0.2, 0.25) is 0 Å². The molecule has 9 heteroatoms. The fourth-order valence-corrected chi connectivity index (χ4v) is 3.31. The lowest BCUT2D eigenvalue weighted by Gasteiger charge is -2.09. The predicted molar refractivity (Wildman–Crippen MR) is 108 cm³/mol. The van der Waals surface area contributed by atoms with Crippen molar-refractivity contribution in [3.8, 4) is 23.0 Å². The molecule has 0 aliphatic carbocycles. The van der Waals surface area contributed by atoms with Crippen LogP contribution in [0.3, 0.4) is 0 Å². The molecule has 0 saturated carbocycles. The molecule has 1 aromatic carbocycles. The molecule has 30 heavy (non-hydrogen) atoms. The molecule has 3 aromatic heterocycles. The Hall–Kier alpha value is -3.88. The molecular formula is C21H19N3O6. The van der Waals surface area contributed by atoms with Crippen molar-refractivity contribution in [2.45, 2.75) is 19.9 Å². The highest BCUT2D eigenvalue weighted by Gasteiger charge is 2.17. The molecule has 4 aromatic rings. The van der Waals surface area contributed by atoms with Gasteiger partial charge < -0.3 is 23.0 Å². The van der Waals surface area contributed by atoms with Gasteiger partial charge in [0, 0.05) is 25.2 Å². The Morgan fingerprint density at radius 2 is 1.97 bits per heavy atom. The van der Waals surface area contributed by atoms with Crippen LogP contribution in [0.5, 0.6) is 11.5 Å². The smallest absolute Gasteiger partial charge is 0.336 e. The summed E-state index contributed by atoms with van der Waals surface area (Å²) in [6.07, 6.45) is 1.95. The molecule has 0 bridgehead atoms. The molecule has 0 amide bonds. The van der Waals surface area contributed by atoms with E-state index in [9.17, 15) is 9.59 Å². The maximum absolute atomic E-state index is 12.8. The lowest BCUT2D eigenvalue weighted by atomic mass is 10.2. The number of rotatable bonds is 6. The number of hydrogen-bond acceptors (Lipinski definition) is 8. The van der Waals surface area contributed by atoms with Crippen molar-refractivity contribution in [3.05, 3.63) is 68.7 Å². The van der Waals surface area contributed by atoms with Gasteiger partial charge in [0.15, 0.2) is 17.3 Å². The zero-order chi connectivity index (χ0) is 21.3. The van der Waals surface area contributed by atoms with Gasteiger partial charge in [-0.1, -0.05) is 11.2 Å². The molecule has 154 valence electrons. The van der Waals surface area contributed by atoms with E-state index >= 15 is 0 Å². The maximum Gasteiger partial charge on any atom is 0.336 e. The lowest BCUT2D eigenvalue weighted by Crippen LogP contribution is -2.22. The fraction of sp³-hybridized carbons (Fsp3) is 0.238. The van der Waals surface area contributed by atoms with Gasteiger partial charge >= 0.3 is 5.63 Å². The van der Waals surface area contributed by atoms with Gasteiger partial charge in [0.25, 0.3) is 11.4 Å². The third kappa shape index (κ3) is 3.45. The quantitative estimate of drug-likeness (QED) is 0.478. The van der Waals surface area contributed by atoms with Gasteiger partial charge in [0.05, 0.1) is 25.2 Å². The molecule has 0 N–H and O–H groups in total. The Kier molecular flexibility index (Phi) is 5.09. The molecule has 0 saturated heterocycles. The second-order valence-corrected chi connectivity index (χ2v) is 6.61. The standard InChI is InChI=1S/C21H19N3O6/c1-12-11-17(25)29-14-7-9-24(21(26)18(12)14)10-8-16-22-20(30-23-16)13-5-4-6-15(27-2)19(13)28-3/h4-7,9,11H,8,10H2,1-3H3. The zero-order valence-corrected chi connectivity index (χ0v) is 16.7. The normalized spacial score (nSPS) is 11.0. The first-order chi connectivity index (χ1) is 14.5. The van der Waals surface area contributed by atoms with E-state index < -0.39 is 5.63 Å². The largest absolute Gasteiger partial charge is 0.493 e. The Balaban J connectivity index is 1.60. The third-order valence-corrected chi connectivity index (χ3v) is 4.74. The summed E-state index contributed by atoms with van der Waals surface area (Å²) >= 11 is 0. The van der Waals surface area contributed by atoms with Crippen LogP contribution in [0.2, 0.25) is 0 Å². The van der Waals surface area contributed by atoms with E-state index in [2.05, 4.69) is 10.1 Å². The third-order valence-electron chi connectivity index (χ3n) is 4.74. The monoisotopic (exact) mass is 409 g/mol. The Bertz CT molecular complexity index is 1330. The highest BCUT2D eigenvalue weighted by molar-refractivity contribution is 5.78. The number of methoxy groups -OCH3 is 2. The fourth-order valence-electron chi connectivity index (χ4n) is 3.31. The minimum absolute atomic E-state index is 0.244. The van der Waals surface area contributed by atoms with Crippen LogP contribution >= 0.6 is 0 Å². The van der Waals surface area contributed by atoms with Crippen molar-refractivity contribution in [1.82, 2.24) is 14.7 Å². The van der Waals surface area contributed by atoms with E-state index in [1.54, 1.807) is 44.5 Å². The van der Waals surface area contributed by atoms with Crippen molar-refractivity contribution >= 4 is 11.0 Å². The van der Waals surface area contributed by atoms with Crippen LogP contribution in [0, 0.1) is 6.92 Å². The highest BCUT2D eigenvalue weighted by Crippen LogP contribution is 2.36. The second-order valence-electron chi connectivity index (χ2n) is 6.61. The molecule has 0 spiro atoms. The van der Waals surface area contributed by atoms with Crippen LogP contribution in [0.4, 0.5) is 0 Å². The number of aryl methyl sites for hydroxylation is 3. The van der Waals surface area contributed by atoms with Crippen molar-refractivity contribution in [2.24, 2.45) is 0 Å². The van der Waals surface area contributed by atoms with E-state index in [0.717, 1.165) is 0 Å². The summed E-state index contributed by atoms with van der Waals surface area (Å²) in [4.78, 5) is 28.7. The molecule has 9 nitrogen and oxygen atoms in total. The molecular weight excluding hydrogens is 390 g/mol. The highest BCUT2D eigenvalue weighted by atomic mass is 16.5. The maximum atomic E-state index is 12.8. The summed E-state index contributed by atoms with van der Waals surface area (Å²) in [6.45, 7) is 2.04. The first-order valence-electron chi connectivity index (χ1n) is 9.19. The SMILES string of the molecule is COc1cccc(-c2nc(CCn3ccc4oc(=O)cc(C)c4c3=O)no2)c1OC. The van der Waals surface area contributed by atoms with Crippen LogP contribution in [0.1, 0.15) is 11.4 Å². The molecule has 0 fully saturated rings. The number of nitrogens with zero attached hydrogens (tertiary/aromatic N) is 3. The summed E-state index contributed by atoms with van der Waals surface area (Å²) in [5, 5.41) is 4.38. The van der Waals surface area contributed by atoms with Crippen molar-refractivity contribution < 1.29 is 18.4 Å². The molecule has 0 atom stereocenters. The van der Waals surface area contributed by atoms with Crippen LogP contribution in [0.15, 0.2) is 55.1 Å². The minimum atomic E-state index is -0.482. The summed E-state index contributed by atoms with van der Waals surface area (Å²) in [6, 6.07) is 8.28. The van der Waals surface area contributed by atoms with Crippen LogP contribution < -0.4 is 20.7 Å². The number of ether oxygens (including phenoxy) is 2. The summed E-state index contributed by atoms with van der Waals surface area (Å²) in [7, 11) is 3.09. The average Bonchev–Trinajstić information content (AvgIpc) is 3.21. The van der Waals surface area contributed by atoms with Crippen LogP contribution in [-0.4, -0.2) is 28.9 Å². The van der Waals surface area contributed by atoms with E-state index in [1.165, 1.54) is 17.7 Å². The van der Waals surface area contributed by atoms with Crippen LogP contribution in [-0.2, 0) is 13.0 Å². The summed E-state index contributed by atoms with van der Waals surface area (Å²) < 4.78 is 22.7. The van der Waals surface area contributed by atoms with E-state index in [4.69, 9.17) is 18.4 Å². The molecule has 0 unspecified atom stereocenters. The minimum Gasteiger partial charge on any atom is -0.493 e. The second kappa shape index (κ2) is 7.86. The Labute approximate surface area is 170 Å². The molecule has 0 aliphatic rings. The molecule has 3 heterocycles. The number of pyridine rings is 1. The summed E-state index contributed by atoms with van der Waals surface area (Å²) in [5.74, 6) is 1.79. The lowest BCUT2D eigenvalue weighted by molar-refractivity contribution is 0.353. The van der Waals surface area contributed by atoms with Crippen molar-refractivity contribution in [3.63, 3.8) is 0 Å². The van der Waals surface area contributed by atoms with E-state index in [0.29, 0.717) is 52.7 Å². The van der Waals surface area contributed by atoms with Crippen molar-refractivity contribution in [1.29, 1.82) is 0 Å². The number of hydrogen-bond donors (Lipinski definition) is 0. The van der Waals surface area contributed by atoms with Crippen molar-refractivity contribution in [2.75, 3.05) is 14.2 Å². The Morgan fingerprint density at radius 1 is 1.13 bits per heavy atom. The molecule has 0 aliphatic heterocycles. The molecule has 4 rings (SSSR count). The first-order valence-corrected chi connectivity index (χ1v) is 9.19. The van der Waals surface area contributed by atoms with Gasteiger partial charge in [0.1, 0.15) is 5.58 Å².